The van der Waals surface area contributed by atoms with Crippen LogP contribution < -0.4 is 15.2 Å². The van der Waals surface area contributed by atoms with Crippen molar-refractivity contribution < 1.29 is 14.6 Å². The molecule has 1 rings (SSSR count). The van der Waals surface area contributed by atoms with Crippen LogP contribution in [0, 0.1) is 5.92 Å². The van der Waals surface area contributed by atoms with Crippen molar-refractivity contribution in [3.63, 3.8) is 0 Å². The van der Waals surface area contributed by atoms with Crippen molar-refractivity contribution in [3.8, 4) is 11.5 Å². The third-order valence-electron chi connectivity index (χ3n) is 5.14. The topological polar surface area (TPSA) is 64.7 Å². The van der Waals surface area contributed by atoms with E-state index in [1.165, 1.54) is 25.7 Å². The lowest BCUT2D eigenvalue weighted by Gasteiger charge is -2.26. The second-order valence-electron chi connectivity index (χ2n) is 8.20. The molecule has 0 spiro atoms. The molecule has 0 heterocycles. The van der Waals surface area contributed by atoms with Gasteiger partial charge in [0.25, 0.3) is 0 Å². The minimum absolute atomic E-state index is 0.0241. The molecule has 156 valence electrons. The standard InChI is InChI=1S/C23H41NO3/c1-5-14-23(24,18-25)15-13-20-11-12-21(22(17-20)26-4)27-16-9-7-6-8-10-19(2)3/h11-12,17,19,25H,5-10,13-16,18,24H2,1-4H3. The summed E-state index contributed by atoms with van der Waals surface area (Å²) in [7, 11) is 1.68. The van der Waals surface area contributed by atoms with Crippen molar-refractivity contribution in [2.75, 3.05) is 20.3 Å². The largest absolute Gasteiger partial charge is 0.493 e. The van der Waals surface area contributed by atoms with Gasteiger partial charge in [-0.2, -0.15) is 0 Å². The summed E-state index contributed by atoms with van der Waals surface area (Å²) in [4.78, 5) is 0. The summed E-state index contributed by atoms with van der Waals surface area (Å²) in [5.74, 6) is 2.38. The van der Waals surface area contributed by atoms with Gasteiger partial charge >= 0.3 is 0 Å². The van der Waals surface area contributed by atoms with Gasteiger partial charge in [0.2, 0.25) is 0 Å². The predicted octanol–water partition coefficient (Wildman–Crippen LogP) is 5.10. The summed E-state index contributed by atoms with van der Waals surface area (Å²) in [5, 5.41) is 9.57. The summed E-state index contributed by atoms with van der Waals surface area (Å²) < 4.78 is 11.4. The molecule has 1 unspecified atom stereocenters. The number of rotatable bonds is 15. The minimum atomic E-state index is -0.493. The van der Waals surface area contributed by atoms with E-state index < -0.39 is 5.54 Å². The average molecular weight is 380 g/mol. The van der Waals surface area contributed by atoms with Crippen molar-refractivity contribution in [1.82, 2.24) is 0 Å². The van der Waals surface area contributed by atoms with E-state index in [0.717, 1.165) is 61.7 Å². The van der Waals surface area contributed by atoms with E-state index in [4.69, 9.17) is 15.2 Å². The Morgan fingerprint density at radius 3 is 2.44 bits per heavy atom. The second-order valence-corrected chi connectivity index (χ2v) is 8.20. The number of aliphatic hydroxyl groups is 1. The first-order valence-electron chi connectivity index (χ1n) is 10.6. The van der Waals surface area contributed by atoms with Crippen molar-refractivity contribution >= 4 is 0 Å². The third kappa shape index (κ3) is 9.48. The van der Waals surface area contributed by atoms with Gasteiger partial charge in [-0.1, -0.05) is 58.9 Å². The predicted molar refractivity (Wildman–Crippen MR) is 114 cm³/mol. The highest BCUT2D eigenvalue weighted by atomic mass is 16.5. The van der Waals surface area contributed by atoms with Crippen molar-refractivity contribution in [3.05, 3.63) is 23.8 Å². The molecule has 0 radical (unpaired) electrons. The van der Waals surface area contributed by atoms with Gasteiger partial charge < -0.3 is 20.3 Å². The summed E-state index contributed by atoms with van der Waals surface area (Å²) in [6.45, 7) is 7.40. The Hall–Kier alpha value is -1.26. The molecule has 0 fully saturated rings. The van der Waals surface area contributed by atoms with Crippen LogP contribution in [0.2, 0.25) is 0 Å². The van der Waals surface area contributed by atoms with E-state index in [0.29, 0.717) is 0 Å². The minimum Gasteiger partial charge on any atom is -0.493 e. The molecule has 0 bridgehead atoms. The Labute approximate surface area is 166 Å². The molecule has 1 aromatic rings. The third-order valence-corrected chi connectivity index (χ3v) is 5.14. The monoisotopic (exact) mass is 379 g/mol. The molecule has 0 aliphatic rings. The smallest absolute Gasteiger partial charge is 0.161 e. The Balaban J connectivity index is 2.45. The summed E-state index contributed by atoms with van der Waals surface area (Å²) in [6, 6.07) is 6.09. The SMILES string of the molecule is CCCC(N)(CO)CCc1ccc(OCCCCCCC(C)C)c(OC)c1. The van der Waals surface area contributed by atoms with Crippen molar-refractivity contribution in [2.24, 2.45) is 11.7 Å². The van der Waals surface area contributed by atoms with E-state index >= 15 is 0 Å². The first kappa shape index (κ1) is 23.8. The normalized spacial score (nSPS) is 13.6. The van der Waals surface area contributed by atoms with Crippen LogP contribution in [0.15, 0.2) is 18.2 Å². The van der Waals surface area contributed by atoms with Gasteiger partial charge in [0, 0.05) is 5.54 Å². The van der Waals surface area contributed by atoms with E-state index in [1.54, 1.807) is 7.11 Å². The zero-order chi connectivity index (χ0) is 20.1. The lowest BCUT2D eigenvalue weighted by molar-refractivity contribution is 0.177. The van der Waals surface area contributed by atoms with Gasteiger partial charge in [-0.25, -0.2) is 0 Å². The van der Waals surface area contributed by atoms with Crippen LogP contribution in [0.3, 0.4) is 0 Å². The van der Waals surface area contributed by atoms with Crippen LogP contribution in [0.4, 0.5) is 0 Å². The molecule has 4 nitrogen and oxygen atoms in total. The molecular formula is C23H41NO3. The number of hydrogen-bond acceptors (Lipinski definition) is 4. The highest BCUT2D eigenvalue weighted by molar-refractivity contribution is 5.43. The quantitative estimate of drug-likeness (QED) is 0.416. The van der Waals surface area contributed by atoms with Gasteiger partial charge in [0.1, 0.15) is 0 Å². The summed E-state index contributed by atoms with van der Waals surface area (Å²) >= 11 is 0. The van der Waals surface area contributed by atoms with Gasteiger partial charge in [-0.05, 0) is 49.3 Å². The molecule has 4 heteroatoms. The molecule has 0 aromatic heterocycles. The van der Waals surface area contributed by atoms with Crippen LogP contribution in [0.1, 0.15) is 77.7 Å². The maximum absolute atomic E-state index is 9.57. The first-order valence-corrected chi connectivity index (χ1v) is 10.6. The summed E-state index contributed by atoms with van der Waals surface area (Å²) in [5.41, 5.74) is 6.95. The number of ether oxygens (including phenoxy) is 2. The molecule has 0 aliphatic heterocycles. The van der Waals surface area contributed by atoms with E-state index in [2.05, 4.69) is 26.8 Å². The lowest BCUT2D eigenvalue weighted by atomic mass is 9.89. The van der Waals surface area contributed by atoms with Crippen LogP contribution in [-0.4, -0.2) is 31.0 Å². The second kappa shape index (κ2) is 13.0. The average Bonchev–Trinajstić information content (AvgIpc) is 2.66. The molecule has 1 atom stereocenters. The van der Waals surface area contributed by atoms with E-state index in [1.807, 2.05) is 12.1 Å². The fourth-order valence-electron chi connectivity index (χ4n) is 3.35. The molecule has 0 amide bonds. The summed E-state index contributed by atoms with van der Waals surface area (Å²) in [6.07, 6.45) is 9.58. The Morgan fingerprint density at radius 1 is 1.07 bits per heavy atom. The highest BCUT2D eigenvalue weighted by Gasteiger charge is 2.22. The lowest BCUT2D eigenvalue weighted by Crippen LogP contribution is -2.43. The van der Waals surface area contributed by atoms with Gasteiger partial charge in [0.05, 0.1) is 20.3 Å². The molecule has 1 aromatic carbocycles. The Morgan fingerprint density at radius 2 is 1.81 bits per heavy atom. The Kier molecular flexibility index (Phi) is 11.5. The molecule has 0 aliphatic carbocycles. The molecule has 0 saturated heterocycles. The number of hydrogen-bond donors (Lipinski definition) is 2. The van der Waals surface area contributed by atoms with E-state index in [9.17, 15) is 5.11 Å². The first-order chi connectivity index (χ1) is 12.9. The number of unbranched alkanes of at least 4 members (excludes halogenated alkanes) is 3. The molecule has 27 heavy (non-hydrogen) atoms. The number of aryl methyl sites for hydroxylation is 1. The Bertz CT molecular complexity index is 518. The zero-order valence-electron chi connectivity index (χ0n) is 17.9. The van der Waals surface area contributed by atoms with Crippen LogP contribution in [0.25, 0.3) is 0 Å². The van der Waals surface area contributed by atoms with Crippen LogP contribution in [-0.2, 0) is 6.42 Å². The van der Waals surface area contributed by atoms with E-state index in [-0.39, 0.29) is 6.61 Å². The maximum Gasteiger partial charge on any atom is 0.161 e. The van der Waals surface area contributed by atoms with Gasteiger partial charge in [-0.3, -0.25) is 0 Å². The number of nitrogens with two attached hydrogens (primary N) is 1. The number of methoxy groups -OCH3 is 1. The maximum atomic E-state index is 9.57. The van der Waals surface area contributed by atoms with Crippen LogP contribution in [0.5, 0.6) is 11.5 Å². The fourth-order valence-corrected chi connectivity index (χ4v) is 3.35. The van der Waals surface area contributed by atoms with Crippen LogP contribution >= 0.6 is 0 Å². The van der Waals surface area contributed by atoms with Crippen molar-refractivity contribution in [2.45, 2.75) is 84.1 Å². The van der Waals surface area contributed by atoms with Gasteiger partial charge in [0.15, 0.2) is 11.5 Å². The van der Waals surface area contributed by atoms with Crippen molar-refractivity contribution in [1.29, 1.82) is 0 Å². The fraction of sp³-hybridized carbons (Fsp3) is 0.739. The zero-order valence-corrected chi connectivity index (χ0v) is 17.9. The highest BCUT2D eigenvalue weighted by Crippen LogP contribution is 2.29. The number of aliphatic hydroxyl groups excluding tert-OH is 1. The molecular weight excluding hydrogens is 338 g/mol. The molecule has 3 N–H and O–H groups in total. The van der Waals surface area contributed by atoms with Gasteiger partial charge in [-0.15, -0.1) is 0 Å². The molecule has 0 saturated carbocycles. The number of benzene rings is 1.